The maximum atomic E-state index is 12.7. The van der Waals surface area contributed by atoms with Crippen molar-refractivity contribution in [2.75, 3.05) is 11.4 Å². The van der Waals surface area contributed by atoms with Crippen LogP contribution in [0.15, 0.2) is 72.9 Å². The number of hydrogen-bond acceptors (Lipinski definition) is 3. The molecule has 0 radical (unpaired) electrons. The summed E-state index contributed by atoms with van der Waals surface area (Å²) in [5.74, 6) is 0.670. The number of carbonyl (C=O) groups excluding carboxylic acids is 1. The van der Waals surface area contributed by atoms with Gasteiger partial charge < -0.3 is 10.2 Å². The van der Waals surface area contributed by atoms with Gasteiger partial charge in [-0.05, 0) is 35.2 Å². The van der Waals surface area contributed by atoms with Crippen molar-refractivity contribution in [2.45, 2.75) is 19.5 Å². The van der Waals surface area contributed by atoms with Crippen LogP contribution in [-0.4, -0.2) is 17.4 Å². The Balaban J connectivity index is 1.53. The molecule has 1 aliphatic heterocycles. The lowest BCUT2D eigenvalue weighted by Gasteiger charge is -2.30. The van der Waals surface area contributed by atoms with Crippen LogP contribution in [0.2, 0.25) is 0 Å². The van der Waals surface area contributed by atoms with Crippen LogP contribution in [0.3, 0.4) is 0 Å². The number of rotatable bonds is 4. The smallest absolute Gasteiger partial charge is 0.255 e. The molecule has 0 spiro atoms. The van der Waals surface area contributed by atoms with Gasteiger partial charge in [0.05, 0.1) is 5.56 Å². The minimum atomic E-state index is -0.0872. The number of aromatic nitrogens is 1. The highest BCUT2D eigenvalue weighted by Crippen LogP contribution is 2.25. The third kappa shape index (κ3) is 3.45. The molecule has 4 nitrogen and oxygen atoms in total. The van der Waals surface area contributed by atoms with Crippen molar-refractivity contribution < 1.29 is 4.79 Å². The molecule has 0 bridgehead atoms. The SMILES string of the molecule is O=C(NCc1ccccc1)c1cccnc1N1CCc2ccccc2C1. The van der Waals surface area contributed by atoms with E-state index in [9.17, 15) is 4.79 Å². The van der Waals surface area contributed by atoms with E-state index >= 15 is 0 Å². The van der Waals surface area contributed by atoms with Gasteiger partial charge in [-0.2, -0.15) is 0 Å². The molecule has 0 atom stereocenters. The summed E-state index contributed by atoms with van der Waals surface area (Å²) in [5, 5.41) is 3.01. The van der Waals surface area contributed by atoms with Crippen LogP contribution in [0.25, 0.3) is 0 Å². The molecule has 4 rings (SSSR count). The van der Waals surface area contributed by atoms with Gasteiger partial charge in [0.1, 0.15) is 5.82 Å². The summed E-state index contributed by atoms with van der Waals surface area (Å²) < 4.78 is 0. The summed E-state index contributed by atoms with van der Waals surface area (Å²) in [6.45, 7) is 2.16. The minimum Gasteiger partial charge on any atom is -0.351 e. The van der Waals surface area contributed by atoms with Crippen LogP contribution in [0.4, 0.5) is 5.82 Å². The molecule has 0 unspecified atom stereocenters. The number of anilines is 1. The molecule has 26 heavy (non-hydrogen) atoms. The van der Waals surface area contributed by atoms with Crippen LogP contribution >= 0.6 is 0 Å². The average molecular weight is 343 g/mol. The third-order valence-corrected chi connectivity index (χ3v) is 4.76. The highest BCUT2D eigenvalue weighted by atomic mass is 16.1. The van der Waals surface area contributed by atoms with Gasteiger partial charge in [-0.3, -0.25) is 4.79 Å². The largest absolute Gasteiger partial charge is 0.351 e. The van der Waals surface area contributed by atoms with E-state index < -0.39 is 0 Å². The van der Waals surface area contributed by atoms with Gasteiger partial charge in [-0.1, -0.05) is 54.6 Å². The Kier molecular flexibility index (Phi) is 4.65. The maximum Gasteiger partial charge on any atom is 0.255 e. The van der Waals surface area contributed by atoms with E-state index in [4.69, 9.17) is 0 Å². The molecule has 0 aliphatic carbocycles. The third-order valence-electron chi connectivity index (χ3n) is 4.76. The number of nitrogens with one attached hydrogen (secondary N) is 1. The molecule has 0 fully saturated rings. The summed E-state index contributed by atoms with van der Waals surface area (Å²) >= 11 is 0. The van der Waals surface area contributed by atoms with E-state index in [1.54, 1.807) is 6.20 Å². The second-order valence-electron chi connectivity index (χ2n) is 6.48. The first-order valence-corrected chi connectivity index (χ1v) is 8.90. The standard InChI is InChI=1S/C22H21N3O/c26-22(24-15-17-7-2-1-3-8-17)20-11-6-13-23-21(20)25-14-12-18-9-4-5-10-19(18)16-25/h1-11,13H,12,14-16H2,(H,24,26). The summed E-state index contributed by atoms with van der Waals surface area (Å²) in [6, 6.07) is 22.1. The highest BCUT2D eigenvalue weighted by Gasteiger charge is 2.21. The van der Waals surface area contributed by atoms with Gasteiger partial charge in [0.2, 0.25) is 0 Å². The first-order valence-electron chi connectivity index (χ1n) is 8.90. The van der Waals surface area contributed by atoms with Crippen LogP contribution in [0, 0.1) is 0 Å². The first-order chi connectivity index (χ1) is 12.8. The van der Waals surface area contributed by atoms with Gasteiger partial charge >= 0.3 is 0 Å². The fourth-order valence-corrected chi connectivity index (χ4v) is 3.38. The van der Waals surface area contributed by atoms with E-state index in [2.05, 4.69) is 39.5 Å². The lowest BCUT2D eigenvalue weighted by molar-refractivity contribution is 0.0951. The van der Waals surface area contributed by atoms with Gasteiger partial charge in [-0.15, -0.1) is 0 Å². The summed E-state index contributed by atoms with van der Waals surface area (Å²) in [7, 11) is 0. The number of hydrogen-bond donors (Lipinski definition) is 1. The fraction of sp³-hybridized carbons (Fsp3) is 0.182. The van der Waals surface area contributed by atoms with Crippen LogP contribution in [0.1, 0.15) is 27.0 Å². The Bertz CT molecular complexity index is 908. The maximum absolute atomic E-state index is 12.7. The fourth-order valence-electron chi connectivity index (χ4n) is 3.38. The summed E-state index contributed by atoms with van der Waals surface area (Å²) in [6.07, 6.45) is 2.72. The Morgan fingerprint density at radius 2 is 1.73 bits per heavy atom. The molecule has 1 amide bonds. The van der Waals surface area contributed by atoms with Gasteiger partial charge in [-0.25, -0.2) is 4.98 Å². The molecule has 2 aromatic carbocycles. The molecule has 3 aromatic rings. The van der Waals surface area contributed by atoms with Crippen LogP contribution in [-0.2, 0) is 19.5 Å². The number of amides is 1. The summed E-state index contributed by atoms with van der Waals surface area (Å²) in [5.41, 5.74) is 4.40. The van der Waals surface area contributed by atoms with Gasteiger partial charge in [0.25, 0.3) is 5.91 Å². The van der Waals surface area contributed by atoms with Crippen molar-refractivity contribution in [1.29, 1.82) is 0 Å². The number of pyridine rings is 1. The lowest BCUT2D eigenvalue weighted by atomic mass is 9.99. The molecule has 1 aromatic heterocycles. The zero-order chi connectivity index (χ0) is 17.8. The van der Waals surface area contributed by atoms with E-state index in [1.807, 2.05) is 42.5 Å². The Labute approximate surface area is 153 Å². The van der Waals surface area contributed by atoms with Gasteiger partial charge in [0, 0.05) is 25.8 Å². The Morgan fingerprint density at radius 3 is 2.58 bits per heavy atom. The Morgan fingerprint density at radius 1 is 0.962 bits per heavy atom. The summed E-state index contributed by atoms with van der Waals surface area (Å²) in [4.78, 5) is 19.5. The molecular weight excluding hydrogens is 322 g/mol. The van der Waals surface area contributed by atoms with Crippen molar-refractivity contribution in [1.82, 2.24) is 10.3 Å². The molecule has 0 saturated carbocycles. The molecule has 0 saturated heterocycles. The normalized spacial score (nSPS) is 13.2. The molecule has 130 valence electrons. The zero-order valence-corrected chi connectivity index (χ0v) is 14.6. The van der Waals surface area contributed by atoms with Crippen molar-refractivity contribution in [3.8, 4) is 0 Å². The van der Waals surface area contributed by atoms with E-state index in [0.29, 0.717) is 12.1 Å². The van der Waals surface area contributed by atoms with Crippen LogP contribution in [0.5, 0.6) is 0 Å². The number of carbonyl (C=O) groups is 1. The van der Waals surface area contributed by atoms with E-state index in [0.717, 1.165) is 30.9 Å². The monoisotopic (exact) mass is 343 g/mol. The lowest BCUT2D eigenvalue weighted by Crippen LogP contribution is -2.33. The number of nitrogens with zero attached hydrogens (tertiary/aromatic N) is 2. The van der Waals surface area contributed by atoms with Crippen molar-refractivity contribution in [2.24, 2.45) is 0 Å². The second-order valence-corrected chi connectivity index (χ2v) is 6.48. The molecule has 1 N–H and O–H groups in total. The van der Waals surface area contributed by atoms with Crippen molar-refractivity contribution in [3.05, 3.63) is 95.2 Å². The van der Waals surface area contributed by atoms with Crippen molar-refractivity contribution >= 4 is 11.7 Å². The minimum absolute atomic E-state index is 0.0872. The topological polar surface area (TPSA) is 45.2 Å². The number of benzene rings is 2. The Hall–Kier alpha value is -3.14. The second kappa shape index (κ2) is 7.40. The molecular formula is C22H21N3O. The van der Waals surface area contributed by atoms with E-state index in [1.165, 1.54) is 11.1 Å². The van der Waals surface area contributed by atoms with Crippen LogP contribution < -0.4 is 10.2 Å². The predicted molar refractivity (Wildman–Crippen MR) is 103 cm³/mol. The first kappa shape index (κ1) is 16.3. The van der Waals surface area contributed by atoms with Crippen molar-refractivity contribution in [3.63, 3.8) is 0 Å². The quantitative estimate of drug-likeness (QED) is 0.788. The molecule has 4 heteroatoms. The molecule has 2 heterocycles. The predicted octanol–water partition coefficient (Wildman–Crippen LogP) is 3.57. The average Bonchev–Trinajstić information content (AvgIpc) is 2.72. The number of fused-ring (bicyclic) bond motifs is 1. The zero-order valence-electron chi connectivity index (χ0n) is 14.6. The van der Waals surface area contributed by atoms with E-state index in [-0.39, 0.29) is 5.91 Å². The van der Waals surface area contributed by atoms with Gasteiger partial charge in [0.15, 0.2) is 0 Å². The highest BCUT2D eigenvalue weighted by molar-refractivity contribution is 5.98. The molecule has 1 aliphatic rings.